The summed E-state index contributed by atoms with van der Waals surface area (Å²) in [5.41, 5.74) is 1.44. The first-order chi connectivity index (χ1) is 7.39. The van der Waals surface area contributed by atoms with Gasteiger partial charge in [0.1, 0.15) is 5.75 Å². The van der Waals surface area contributed by atoms with Crippen molar-refractivity contribution in [2.75, 3.05) is 0 Å². The van der Waals surface area contributed by atoms with E-state index < -0.39 is 0 Å². The Morgan fingerprint density at radius 3 is 2.25 bits per heavy atom. The van der Waals surface area contributed by atoms with E-state index in [1.165, 1.54) is 5.56 Å². The van der Waals surface area contributed by atoms with Crippen LogP contribution in [0.4, 0.5) is 0 Å². The number of alkyl halides is 1. The van der Waals surface area contributed by atoms with Gasteiger partial charge in [0.25, 0.3) is 0 Å². The van der Waals surface area contributed by atoms with Crippen molar-refractivity contribution in [1.82, 2.24) is 0 Å². The van der Waals surface area contributed by atoms with Crippen molar-refractivity contribution in [2.24, 2.45) is 5.41 Å². The molecule has 0 radical (unpaired) electrons. The zero-order valence-electron chi connectivity index (χ0n) is 10.3. The number of halogens is 1. The van der Waals surface area contributed by atoms with Gasteiger partial charge in [-0.05, 0) is 42.4 Å². The molecule has 0 heterocycles. The second-order valence-corrected chi connectivity index (χ2v) is 5.92. The van der Waals surface area contributed by atoms with Gasteiger partial charge in [-0.3, -0.25) is 0 Å². The predicted octanol–water partition coefficient (Wildman–Crippen LogP) is 4.37. The number of aromatic hydroxyl groups is 1. The predicted molar refractivity (Wildman–Crippen MR) is 70.1 cm³/mol. The molecule has 1 nitrogen and oxygen atoms in total. The van der Waals surface area contributed by atoms with Gasteiger partial charge in [0.05, 0.1) is 0 Å². The van der Waals surface area contributed by atoms with Crippen LogP contribution < -0.4 is 0 Å². The fourth-order valence-corrected chi connectivity index (χ4v) is 1.74. The van der Waals surface area contributed by atoms with Crippen LogP contribution in [0.1, 0.15) is 39.2 Å². The van der Waals surface area contributed by atoms with Gasteiger partial charge in [-0.15, -0.1) is 11.6 Å². The van der Waals surface area contributed by atoms with Crippen LogP contribution in [0.15, 0.2) is 24.3 Å². The summed E-state index contributed by atoms with van der Waals surface area (Å²) in [6.07, 6.45) is 3.15. The molecule has 0 aliphatic heterocycles. The molecule has 1 unspecified atom stereocenters. The van der Waals surface area contributed by atoms with E-state index in [2.05, 4.69) is 20.8 Å². The normalized spacial score (nSPS) is 13.8. The molecule has 1 aromatic rings. The van der Waals surface area contributed by atoms with Gasteiger partial charge in [0.2, 0.25) is 0 Å². The zero-order valence-corrected chi connectivity index (χ0v) is 11.1. The summed E-state index contributed by atoms with van der Waals surface area (Å²) in [5, 5.41) is 9.38. The molecule has 2 heteroatoms. The van der Waals surface area contributed by atoms with Crippen LogP contribution in [0.5, 0.6) is 5.75 Å². The van der Waals surface area contributed by atoms with E-state index in [4.69, 9.17) is 16.7 Å². The Morgan fingerprint density at radius 2 is 1.75 bits per heavy atom. The molecule has 1 N–H and O–H groups in total. The summed E-state index contributed by atoms with van der Waals surface area (Å²) in [4.78, 5) is 0. The SMILES string of the molecule is CC(C)(C)C(Cl)CCCc1ccc(O)cc1. The molecule has 0 aromatic heterocycles. The van der Waals surface area contributed by atoms with E-state index in [0.29, 0.717) is 5.75 Å². The molecule has 0 aliphatic rings. The minimum atomic E-state index is 0.177. The van der Waals surface area contributed by atoms with Crippen LogP contribution in [-0.4, -0.2) is 10.5 Å². The molecule has 0 spiro atoms. The summed E-state index contributed by atoms with van der Waals surface area (Å²) < 4.78 is 0. The van der Waals surface area contributed by atoms with Gasteiger partial charge in [-0.25, -0.2) is 0 Å². The van der Waals surface area contributed by atoms with Gasteiger partial charge >= 0.3 is 0 Å². The average molecular weight is 241 g/mol. The second-order valence-electron chi connectivity index (χ2n) is 5.39. The van der Waals surface area contributed by atoms with Gasteiger partial charge in [0.15, 0.2) is 0 Å². The molecule has 1 rings (SSSR count). The van der Waals surface area contributed by atoms with Crippen LogP contribution in [-0.2, 0) is 6.42 Å². The van der Waals surface area contributed by atoms with E-state index >= 15 is 0 Å². The molecular weight excluding hydrogens is 220 g/mol. The summed E-state index contributed by atoms with van der Waals surface area (Å²) in [6, 6.07) is 7.40. The van der Waals surface area contributed by atoms with E-state index in [1.54, 1.807) is 12.1 Å². The Labute approximate surface area is 103 Å². The maximum Gasteiger partial charge on any atom is 0.115 e. The lowest BCUT2D eigenvalue weighted by molar-refractivity contribution is 0.369. The molecule has 90 valence electrons. The molecule has 16 heavy (non-hydrogen) atoms. The van der Waals surface area contributed by atoms with Crippen LogP contribution in [0, 0.1) is 5.41 Å². The van der Waals surface area contributed by atoms with Gasteiger partial charge < -0.3 is 5.11 Å². The Morgan fingerprint density at radius 1 is 1.19 bits per heavy atom. The maximum atomic E-state index is 9.16. The molecule has 1 atom stereocenters. The highest BCUT2D eigenvalue weighted by atomic mass is 35.5. The molecule has 0 aliphatic carbocycles. The fraction of sp³-hybridized carbons (Fsp3) is 0.571. The summed E-state index contributed by atoms with van der Waals surface area (Å²) in [5.74, 6) is 0.327. The number of phenols is 1. The van der Waals surface area contributed by atoms with Crippen molar-refractivity contribution >= 4 is 11.6 Å². The summed E-state index contributed by atoms with van der Waals surface area (Å²) >= 11 is 6.31. The molecule has 0 amide bonds. The standard InChI is InChI=1S/C14H21ClO/c1-14(2,3)13(15)6-4-5-11-7-9-12(16)10-8-11/h7-10,13,16H,4-6H2,1-3H3. The molecule has 1 aromatic carbocycles. The van der Waals surface area contributed by atoms with E-state index in [0.717, 1.165) is 19.3 Å². The largest absolute Gasteiger partial charge is 0.508 e. The van der Waals surface area contributed by atoms with Gasteiger partial charge in [-0.2, -0.15) is 0 Å². The van der Waals surface area contributed by atoms with Gasteiger partial charge in [-0.1, -0.05) is 32.9 Å². The number of hydrogen-bond acceptors (Lipinski definition) is 1. The number of rotatable bonds is 4. The topological polar surface area (TPSA) is 20.2 Å². The van der Waals surface area contributed by atoms with Crippen LogP contribution in [0.3, 0.4) is 0 Å². The quantitative estimate of drug-likeness (QED) is 0.775. The molecule has 0 saturated carbocycles. The fourth-order valence-electron chi connectivity index (χ4n) is 1.58. The van der Waals surface area contributed by atoms with Crippen molar-refractivity contribution in [1.29, 1.82) is 0 Å². The minimum absolute atomic E-state index is 0.177. The Bertz CT molecular complexity index is 311. The summed E-state index contributed by atoms with van der Waals surface area (Å²) in [6.45, 7) is 6.52. The average Bonchev–Trinajstić information content (AvgIpc) is 2.19. The molecular formula is C14H21ClO. The Hall–Kier alpha value is -0.690. The maximum absolute atomic E-state index is 9.16. The molecule has 0 saturated heterocycles. The first kappa shape index (κ1) is 13.4. The van der Waals surface area contributed by atoms with E-state index in [9.17, 15) is 0 Å². The van der Waals surface area contributed by atoms with Crippen molar-refractivity contribution < 1.29 is 5.11 Å². The third-order valence-corrected chi connectivity index (χ3v) is 3.67. The monoisotopic (exact) mass is 240 g/mol. The van der Waals surface area contributed by atoms with Crippen molar-refractivity contribution in [3.05, 3.63) is 29.8 Å². The number of benzene rings is 1. The van der Waals surface area contributed by atoms with Gasteiger partial charge in [0, 0.05) is 5.38 Å². The second kappa shape index (κ2) is 5.58. The number of aryl methyl sites for hydroxylation is 1. The highest BCUT2D eigenvalue weighted by Crippen LogP contribution is 2.28. The lowest BCUT2D eigenvalue weighted by Crippen LogP contribution is -2.20. The lowest BCUT2D eigenvalue weighted by atomic mass is 9.88. The lowest BCUT2D eigenvalue weighted by Gasteiger charge is -2.24. The van der Waals surface area contributed by atoms with Crippen LogP contribution >= 0.6 is 11.6 Å². The van der Waals surface area contributed by atoms with Crippen molar-refractivity contribution in [2.45, 2.75) is 45.4 Å². The smallest absolute Gasteiger partial charge is 0.115 e. The third-order valence-electron chi connectivity index (χ3n) is 2.80. The first-order valence-electron chi connectivity index (χ1n) is 5.81. The van der Waals surface area contributed by atoms with Crippen molar-refractivity contribution in [3.63, 3.8) is 0 Å². The Balaban J connectivity index is 2.33. The molecule has 0 fully saturated rings. The zero-order chi connectivity index (χ0) is 12.2. The van der Waals surface area contributed by atoms with Crippen molar-refractivity contribution in [3.8, 4) is 5.75 Å². The summed E-state index contributed by atoms with van der Waals surface area (Å²) in [7, 11) is 0. The highest BCUT2D eigenvalue weighted by molar-refractivity contribution is 6.21. The van der Waals surface area contributed by atoms with Crippen LogP contribution in [0.25, 0.3) is 0 Å². The van der Waals surface area contributed by atoms with E-state index in [-0.39, 0.29) is 10.8 Å². The van der Waals surface area contributed by atoms with E-state index in [1.807, 2.05) is 12.1 Å². The Kier molecular flexibility index (Phi) is 4.67. The third kappa shape index (κ3) is 4.44. The number of hydrogen-bond donors (Lipinski definition) is 1. The number of phenolic OH excluding ortho intramolecular Hbond substituents is 1. The molecule has 0 bridgehead atoms. The highest BCUT2D eigenvalue weighted by Gasteiger charge is 2.21. The van der Waals surface area contributed by atoms with Crippen LogP contribution in [0.2, 0.25) is 0 Å². The minimum Gasteiger partial charge on any atom is -0.508 e. The first-order valence-corrected chi connectivity index (χ1v) is 6.25.